The summed E-state index contributed by atoms with van der Waals surface area (Å²) < 4.78 is 16.0. The first-order valence-electron chi connectivity index (χ1n) is 10.8. The Morgan fingerprint density at radius 3 is 2.15 bits per heavy atom. The molecule has 0 saturated carbocycles. The second-order valence-electron chi connectivity index (χ2n) is 8.54. The number of aromatic nitrogens is 1. The second-order valence-corrected chi connectivity index (χ2v) is 8.54. The fourth-order valence-electron chi connectivity index (χ4n) is 3.04. The van der Waals surface area contributed by atoms with Crippen LogP contribution in [0.1, 0.15) is 26.3 Å². The van der Waals surface area contributed by atoms with Gasteiger partial charge >= 0.3 is 12.1 Å². The van der Waals surface area contributed by atoms with E-state index in [0.29, 0.717) is 11.5 Å². The Kier molecular flexibility index (Phi) is 8.08. The van der Waals surface area contributed by atoms with Crippen LogP contribution in [0.25, 0.3) is 0 Å². The van der Waals surface area contributed by atoms with Gasteiger partial charge in [0.25, 0.3) is 0 Å². The average Bonchev–Trinajstić information content (AvgIpc) is 2.80. The van der Waals surface area contributed by atoms with Crippen LogP contribution in [0.15, 0.2) is 72.9 Å². The topological polar surface area (TPSA) is 98.8 Å². The van der Waals surface area contributed by atoms with Gasteiger partial charge < -0.3 is 24.8 Å². The fraction of sp³-hybridized carbons (Fsp3) is 0.269. The van der Waals surface area contributed by atoms with Crippen LogP contribution in [0.2, 0.25) is 0 Å². The number of carbonyl (C=O) groups excluding carboxylic acids is 2. The lowest BCUT2D eigenvalue weighted by Gasteiger charge is -2.22. The molecule has 1 aromatic heterocycles. The summed E-state index contributed by atoms with van der Waals surface area (Å²) in [6, 6.07) is 19.6. The van der Waals surface area contributed by atoms with Crippen molar-refractivity contribution >= 4 is 23.6 Å². The molecule has 0 fully saturated rings. The van der Waals surface area contributed by atoms with E-state index in [1.165, 1.54) is 7.11 Å². The number of ether oxygens (including phenoxy) is 3. The van der Waals surface area contributed by atoms with Gasteiger partial charge in [-0.3, -0.25) is 0 Å². The van der Waals surface area contributed by atoms with Gasteiger partial charge in [-0.25, -0.2) is 14.6 Å². The van der Waals surface area contributed by atoms with E-state index in [2.05, 4.69) is 15.6 Å². The highest BCUT2D eigenvalue weighted by molar-refractivity contribution is 5.81. The molecule has 1 amide bonds. The van der Waals surface area contributed by atoms with Crippen molar-refractivity contribution in [1.29, 1.82) is 0 Å². The summed E-state index contributed by atoms with van der Waals surface area (Å²) in [5.41, 5.74) is 1.05. The van der Waals surface area contributed by atoms with Crippen LogP contribution in [-0.4, -0.2) is 35.8 Å². The Labute approximate surface area is 199 Å². The smallest absolute Gasteiger partial charge is 0.408 e. The van der Waals surface area contributed by atoms with Crippen molar-refractivity contribution in [3.63, 3.8) is 0 Å². The van der Waals surface area contributed by atoms with Gasteiger partial charge in [0.1, 0.15) is 29.0 Å². The number of rotatable bonds is 8. The molecule has 3 aromatic rings. The second kappa shape index (κ2) is 11.2. The summed E-state index contributed by atoms with van der Waals surface area (Å²) in [6.07, 6.45) is 1.30. The molecule has 0 radical (unpaired) electrons. The Morgan fingerprint density at radius 2 is 1.59 bits per heavy atom. The molecular formula is C26H29N3O5. The standard InChI is InChI=1S/C26H29N3O5/c1-26(2,3)34-25(31)29-22(24(30)32-4)17-18-8-12-20(13-9-18)33-21-14-10-19(11-15-21)28-23-7-5-6-16-27-23/h5-16,22H,17H2,1-4H3,(H,27,28)(H,29,31)/t22-/m0/s1. The van der Waals surface area contributed by atoms with Crippen molar-refractivity contribution in [3.05, 3.63) is 78.5 Å². The van der Waals surface area contributed by atoms with Crippen LogP contribution in [0, 0.1) is 0 Å². The zero-order chi connectivity index (χ0) is 24.6. The lowest BCUT2D eigenvalue weighted by atomic mass is 10.1. The summed E-state index contributed by atoms with van der Waals surface area (Å²) >= 11 is 0. The lowest BCUT2D eigenvalue weighted by molar-refractivity contribution is -0.143. The molecule has 1 atom stereocenters. The first kappa shape index (κ1) is 24.6. The van der Waals surface area contributed by atoms with E-state index in [0.717, 1.165) is 17.1 Å². The minimum Gasteiger partial charge on any atom is -0.467 e. The van der Waals surface area contributed by atoms with Gasteiger partial charge in [-0.15, -0.1) is 0 Å². The van der Waals surface area contributed by atoms with Gasteiger partial charge in [-0.1, -0.05) is 18.2 Å². The van der Waals surface area contributed by atoms with Gasteiger partial charge in [0.2, 0.25) is 0 Å². The normalized spacial score (nSPS) is 11.8. The molecule has 0 saturated heterocycles. The third-order valence-corrected chi connectivity index (χ3v) is 4.57. The van der Waals surface area contributed by atoms with Crippen molar-refractivity contribution in [2.75, 3.05) is 12.4 Å². The van der Waals surface area contributed by atoms with Crippen LogP contribution in [0.3, 0.4) is 0 Å². The SMILES string of the molecule is COC(=O)[C@H](Cc1ccc(Oc2ccc(Nc3ccccn3)cc2)cc1)NC(=O)OC(C)(C)C. The third-order valence-electron chi connectivity index (χ3n) is 4.57. The molecule has 34 heavy (non-hydrogen) atoms. The zero-order valence-corrected chi connectivity index (χ0v) is 19.7. The number of pyridine rings is 1. The number of methoxy groups -OCH3 is 1. The monoisotopic (exact) mass is 463 g/mol. The van der Waals surface area contributed by atoms with E-state index in [-0.39, 0.29) is 6.42 Å². The Hall–Kier alpha value is -4.07. The largest absolute Gasteiger partial charge is 0.467 e. The summed E-state index contributed by atoms with van der Waals surface area (Å²) in [4.78, 5) is 28.5. The number of anilines is 2. The lowest BCUT2D eigenvalue weighted by Crippen LogP contribution is -2.45. The van der Waals surface area contributed by atoms with Crippen LogP contribution in [0.5, 0.6) is 11.5 Å². The van der Waals surface area contributed by atoms with Crippen molar-refractivity contribution in [2.45, 2.75) is 38.8 Å². The number of hydrogen-bond donors (Lipinski definition) is 2. The predicted molar refractivity (Wildman–Crippen MR) is 129 cm³/mol. The number of alkyl carbamates (subject to hydrolysis) is 1. The number of hydrogen-bond acceptors (Lipinski definition) is 7. The van der Waals surface area contributed by atoms with Crippen molar-refractivity contribution in [2.24, 2.45) is 0 Å². The van der Waals surface area contributed by atoms with Gasteiger partial charge in [-0.05, 0) is 74.9 Å². The maximum Gasteiger partial charge on any atom is 0.408 e. The quantitative estimate of drug-likeness (QED) is 0.442. The van der Waals surface area contributed by atoms with E-state index in [9.17, 15) is 9.59 Å². The fourth-order valence-corrected chi connectivity index (χ4v) is 3.04. The number of benzene rings is 2. The molecule has 2 aromatic carbocycles. The number of nitrogens with one attached hydrogen (secondary N) is 2. The van der Waals surface area contributed by atoms with Gasteiger partial charge in [0.05, 0.1) is 7.11 Å². The van der Waals surface area contributed by atoms with Crippen molar-refractivity contribution in [3.8, 4) is 11.5 Å². The van der Waals surface area contributed by atoms with Gasteiger partial charge in [-0.2, -0.15) is 0 Å². The van der Waals surface area contributed by atoms with Crippen LogP contribution in [0.4, 0.5) is 16.3 Å². The molecule has 0 bridgehead atoms. The highest BCUT2D eigenvalue weighted by Crippen LogP contribution is 2.25. The first-order valence-corrected chi connectivity index (χ1v) is 10.8. The summed E-state index contributed by atoms with van der Waals surface area (Å²) in [5.74, 6) is 1.53. The minimum absolute atomic E-state index is 0.250. The molecule has 1 heterocycles. The molecular weight excluding hydrogens is 434 g/mol. The van der Waals surface area contributed by atoms with Crippen molar-refractivity contribution < 1.29 is 23.8 Å². The van der Waals surface area contributed by atoms with Crippen LogP contribution < -0.4 is 15.4 Å². The highest BCUT2D eigenvalue weighted by Gasteiger charge is 2.25. The molecule has 0 aliphatic heterocycles. The number of carbonyl (C=O) groups is 2. The van der Waals surface area contributed by atoms with E-state index in [1.54, 1.807) is 39.1 Å². The van der Waals surface area contributed by atoms with Crippen molar-refractivity contribution in [1.82, 2.24) is 10.3 Å². The Bertz CT molecular complexity index is 1080. The molecule has 0 spiro atoms. The highest BCUT2D eigenvalue weighted by atomic mass is 16.6. The number of nitrogens with zero attached hydrogens (tertiary/aromatic N) is 1. The number of amides is 1. The van der Waals surface area contributed by atoms with E-state index in [1.807, 2.05) is 54.6 Å². The van der Waals surface area contributed by atoms with E-state index < -0.39 is 23.7 Å². The van der Waals surface area contributed by atoms with E-state index in [4.69, 9.17) is 14.2 Å². The van der Waals surface area contributed by atoms with E-state index >= 15 is 0 Å². The first-order chi connectivity index (χ1) is 16.2. The maximum atomic E-state index is 12.1. The Balaban J connectivity index is 1.58. The maximum absolute atomic E-state index is 12.1. The zero-order valence-electron chi connectivity index (χ0n) is 19.7. The number of esters is 1. The molecule has 2 N–H and O–H groups in total. The van der Waals surface area contributed by atoms with Crippen LogP contribution in [-0.2, 0) is 20.7 Å². The van der Waals surface area contributed by atoms with Gasteiger partial charge in [0, 0.05) is 18.3 Å². The molecule has 0 aliphatic rings. The Morgan fingerprint density at radius 1 is 0.941 bits per heavy atom. The molecule has 8 heteroatoms. The third kappa shape index (κ3) is 7.81. The van der Waals surface area contributed by atoms with Gasteiger partial charge in [0.15, 0.2) is 0 Å². The predicted octanol–water partition coefficient (Wildman–Crippen LogP) is 5.23. The summed E-state index contributed by atoms with van der Waals surface area (Å²) in [7, 11) is 1.28. The molecule has 0 unspecified atom stereocenters. The molecule has 178 valence electrons. The molecule has 0 aliphatic carbocycles. The molecule has 3 rings (SSSR count). The average molecular weight is 464 g/mol. The van der Waals surface area contributed by atoms with Crippen LogP contribution >= 0.6 is 0 Å². The summed E-state index contributed by atoms with van der Waals surface area (Å²) in [6.45, 7) is 5.26. The minimum atomic E-state index is -0.870. The summed E-state index contributed by atoms with van der Waals surface area (Å²) in [5, 5.41) is 5.79. The molecule has 8 nitrogen and oxygen atoms in total.